The number of alkyl carbamates (subject to hydrolysis) is 1. The van der Waals surface area contributed by atoms with E-state index < -0.39 is 5.60 Å². The van der Waals surface area contributed by atoms with Gasteiger partial charge in [-0.2, -0.15) is 0 Å². The highest BCUT2D eigenvalue weighted by atomic mass is 16.6. The number of rotatable bonds is 4. The lowest BCUT2D eigenvalue weighted by molar-refractivity contribution is 0.0466. The van der Waals surface area contributed by atoms with Crippen LogP contribution in [0.2, 0.25) is 0 Å². The van der Waals surface area contributed by atoms with Crippen LogP contribution >= 0.6 is 0 Å². The summed E-state index contributed by atoms with van der Waals surface area (Å²) in [6.07, 6.45) is 0.896. The van der Waals surface area contributed by atoms with Crippen LogP contribution in [0.3, 0.4) is 0 Å². The minimum Gasteiger partial charge on any atom is -0.444 e. The SMILES string of the molecule is CCCN1CC(CNC(=O)OC(C)(C)C)C1. The van der Waals surface area contributed by atoms with Gasteiger partial charge < -0.3 is 15.0 Å². The first-order valence-electron chi connectivity index (χ1n) is 6.10. The third-order valence-corrected chi connectivity index (χ3v) is 2.51. The molecule has 0 atom stereocenters. The van der Waals surface area contributed by atoms with E-state index >= 15 is 0 Å². The highest BCUT2D eigenvalue weighted by Gasteiger charge is 2.26. The number of carbonyl (C=O) groups is 1. The minimum absolute atomic E-state index is 0.304. The van der Waals surface area contributed by atoms with Crippen LogP contribution in [0.4, 0.5) is 4.79 Å². The molecular weight excluding hydrogens is 204 g/mol. The second kappa shape index (κ2) is 5.53. The molecule has 0 radical (unpaired) electrons. The van der Waals surface area contributed by atoms with Gasteiger partial charge in [-0.1, -0.05) is 6.92 Å². The van der Waals surface area contributed by atoms with Crippen molar-refractivity contribution >= 4 is 6.09 Å². The fraction of sp³-hybridized carbons (Fsp3) is 0.917. The highest BCUT2D eigenvalue weighted by Crippen LogP contribution is 2.14. The van der Waals surface area contributed by atoms with E-state index in [0.717, 1.165) is 19.6 Å². The van der Waals surface area contributed by atoms with Crippen LogP contribution in [0.15, 0.2) is 0 Å². The summed E-state index contributed by atoms with van der Waals surface area (Å²) in [6.45, 7) is 11.9. The second-order valence-corrected chi connectivity index (χ2v) is 5.51. The smallest absolute Gasteiger partial charge is 0.407 e. The summed E-state index contributed by atoms with van der Waals surface area (Å²) in [7, 11) is 0. The van der Waals surface area contributed by atoms with Crippen LogP contribution in [0.25, 0.3) is 0 Å². The fourth-order valence-electron chi connectivity index (χ4n) is 1.85. The van der Waals surface area contributed by atoms with Crippen LogP contribution in [-0.4, -0.2) is 42.8 Å². The lowest BCUT2D eigenvalue weighted by Gasteiger charge is -2.39. The number of amides is 1. The Morgan fingerprint density at radius 1 is 1.44 bits per heavy atom. The zero-order valence-corrected chi connectivity index (χ0v) is 10.9. The normalized spacial score (nSPS) is 18.0. The first-order valence-corrected chi connectivity index (χ1v) is 6.10. The topological polar surface area (TPSA) is 41.6 Å². The van der Waals surface area contributed by atoms with Crippen LogP contribution in [0.5, 0.6) is 0 Å². The summed E-state index contributed by atoms with van der Waals surface area (Å²) in [5.74, 6) is 0.596. The second-order valence-electron chi connectivity index (χ2n) is 5.51. The molecule has 1 heterocycles. The summed E-state index contributed by atoms with van der Waals surface area (Å²) < 4.78 is 5.17. The Morgan fingerprint density at radius 2 is 2.06 bits per heavy atom. The van der Waals surface area contributed by atoms with Gasteiger partial charge in [-0.3, -0.25) is 0 Å². The van der Waals surface area contributed by atoms with Gasteiger partial charge in [-0.25, -0.2) is 4.79 Å². The average Bonchev–Trinajstić information content (AvgIpc) is 2.05. The number of nitrogens with one attached hydrogen (secondary N) is 1. The van der Waals surface area contributed by atoms with Crippen molar-refractivity contribution < 1.29 is 9.53 Å². The molecule has 1 amide bonds. The van der Waals surface area contributed by atoms with E-state index in [2.05, 4.69) is 17.1 Å². The number of nitrogens with zero attached hydrogens (tertiary/aromatic N) is 1. The molecule has 0 spiro atoms. The van der Waals surface area contributed by atoms with Gasteiger partial charge in [-0.05, 0) is 33.7 Å². The Balaban J connectivity index is 2.06. The van der Waals surface area contributed by atoms with E-state index in [1.165, 1.54) is 13.0 Å². The molecule has 1 N–H and O–H groups in total. The van der Waals surface area contributed by atoms with E-state index in [1.54, 1.807) is 0 Å². The molecule has 16 heavy (non-hydrogen) atoms. The summed E-state index contributed by atoms with van der Waals surface area (Å²) in [4.78, 5) is 13.8. The Kier molecular flexibility index (Phi) is 4.59. The van der Waals surface area contributed by atoms with Gasteiger partial charge in [0.25, 0.3) is 0 Å². The zero-order chi connectivity index (χ0) is 12.2. The lowest BCUT2D eigenvalue weighted by atomic mass is 10.0. The van der Waals surface area contributed by atoms with Crippen molar-refractivity contribution in [2.24, 2.45) is 5.92 Å². The predicted octanol–water partition coefficient (Wildman–Crippen LogP) is 1.85. The van der Waals surface area contributed by atoms with E-state index in [9.17, 15) is 4.79 Å². The Hall–Kier alpha value is -0.770. The molecule has 0 unspecified atom stereocenters. The number of carbonyl (C=O) groups excluding carboxylic acids is 1. The van der Waals surface area contributed by atoms with E-state index in [1.807, 2.05) is 20.8 Å². The summed E-state index contributed by atoms with van der Waals surface area (Å²) in [5.41, 5.74) is -0.405. The van der Waals surface area contributed by atoms with Crippen LogP contribution in [-0.2, 0) is 4.74 Å². The third-order valence-electron chi connectivity index (χ3n) is 2.51. The van der Waals surface area contributed by atoms with Gasteiger partial charge in [0.1, 0.15) is 5.60 Å². The highest BCUT2D eigenvalue weighted by molar-refractivity contribution is 5.67. The van der Waals surface area contributed by atoms with E-state index in [4.69, 9.17) is 4.74 Å². The maximum Gasteiger partial charge on any atom is 0.407 e. The van der Waals surface area contributed by atoms with E-state index in [-0.39, 0.29) is 6.09 Å². The van der Waals surface area contributed by atoms with Crippen molar-refractivity contribution in [3.8, 4) is 0 Å². The molecule has 1 fully saturated rings. The Bertz CT molecular complexity index is 230. The Labute approximate surface area is 98.3 Å². The largest absolute Gasteiger partial charge is 0.444 e. The van der Waals surface area contributed by atoms with Gasteiger partial charge >= 0.3 is 6.09 Å². The number of likely N-dealkylation sites (tertiary alicyclic amines) is 1. The summed E-state index contributed by atoms with van der Waals surface area (Å²) >= 11 is 0. The van der Waals surface area contributed by atoms with Gasteiger partial charge in [0.2, 0.25) is 0 Å². The molecule has 0 bridgehead atoms. The van der Waals surface area contributed by atoms with Crippen molar-refractivity contribution in [2.75, 3.05) is 26.2 Å². The fourth-order valence-corrected chi connectivity index (χ4v) is 1.85. The molecule has 1 rings (SSSR count). The van der Waals surface area contributed by atoms with Crippen LogP contribution < -0.4 is 5.32 Å². The van der Waals surface area contributed by atoms with Crippen molar-refractivity contribution in [1.29, 1.82) is 0 Å². The van der Waals surface area contributed by atoms with Gasteiger partial charge in [0, 0.05) is 25.6 Å². The molecule has 0 aromatic carbocycles. The molecule has 1 saturated heterocycles. The number of ether oxygens (including phenoxy) is 1. The molecule has 0 aromatic rings. The van der Waals surface area contributed by atoms with Crippen LogP contribution in [0.1, 0.15) is 34.1 Å². The van der Waals surface area contributed by atoms with Gasteiger partial charge in [0.15, 0.2) is 0 Å². The molecule has 4 heteroatoms. The van der Waals surface area contributed by atoms with Crippen LogP contribution in [0, 0.1) is 5.92 Å². The standard InChI is InChI=1S/C12H24N2O2/c1-5-6-14-8-10(9-14)7-13-11(15)16-12(2,3)4/h10H,5-9H2,1-4H3,(H,13,15). The quantitative estimate of drug-likeness (QED) is 0.798. The molecule has 1 aliphatic rings. The number of hydrogen-bond donors (Lipinski definition) is 1. The summed E-state index contributed by atoms with van der Waals surface area (Å²) in [5, 5.41) is 2.82. The molecular formula is C12H24N2O2. The summed E-state index contributed by atoms with van der Waals surface area (Å²) in [6, 6.07) is 0. The minimum atomic E-state index is -0.405. The third kappa shape index (κ3) is 4.84. The lowest BCUT2D eigenvalue weighted by Crippen LogP contribution is -2.51. The van der Waals surface area contributed by atoms with Gasteiger partial charge in [-0.15, -0.1) is 0 Å². The monoisotopic (exact) mass is 228 g/mol. The predicted molar refractivity (Wildman–Crippen MR) is 64.5 cm³/mol. The van der Waals surface area contributed by atoms with Gasteiger partial charge in [0.05, 0.1) is 0 Å². The van der Waals surface area contributed by atoms with Crippen molar-refractivity contribution in [2.45, 2.75) is 39.7 Å². The zero-order valence-electron chi connectivity index (χ0n) is 10.9. The molecule has 0 aromatic heterocycles. The molecule has 0 saturated carbocycles. The average molecular weight is 228 g/mol. The maximum atomic E-state index is 11.4. The van der Waals surface area contributed by atoms with Crippen molar-refractivity contribution in [1.82, 2.24) is 10.2 Å². The van der Waals surface area contributed by atoms with E-state index in [0.29, 0.717) is 5.92 Å². The van der Waals surface area contributed by atoms with Crippen molar-refractivity contribution in [3.05, 3.63) is 0 Å². The molecule has 4 nitrogen and oxygen atoms in total. The molecule has 0 aliphatic carbocycles. The first kappa shape index (κ1) is 13.3. The molecule has 94 valence electrons. The Morgan fingerprint density at radius 3 is 2.56 bits per heavy atom. The number of hydrogen-bond acceptors (Lipinski definition) is 3. The maximum absolute atomic E-state index is 11.4. The molecule has 1 aliphatic heterocycles. The first-order chi connectivity index (χ1) is 7.40. The van der Waals surface area contributed by atoms with Crippen molar-refractivity contribution in [3.63, 3.8) is 0 Å².